The van der Waals surface area contributed by atoms with E-state index in [1.807, 2.05) is 0 Å². The fourth-order valence-electron chi connectivity index (χ4n) is 3.36. The molecule has 0 aromatic heterocycles. The van der Waals surface area contributed by atoms with Crippen LogP contribution in [0.3, 0.4) is 0 Å². The van der Waals surface area contributed by atoms with Gasteiger partial charge in [0.25, 0.3) is 0 Å². The molecule has 1 heteroatoms. The number of rotatable bonds is 5. The first-order chi connectivity index (χ1) is 9.56. The van der Waals surface area contributed by atoms with E-state index in [1.165, 1.54) is 60.9 Å². The van der Waals surface area contributed by atoms with Crippen molar-refractivity contribution in [3.8, 4) is 0 Å². The quantitative estimate of drug-likeness (QED) is 0.751. The summed E-state index contributed by atoms with van der Waals surface area (Å²) >= 11 is 0. The van der Waals surface area contributed by atoms with Gasteiger partial charge in [0.05, 0.1) is 0 Å². The van der Waals surface area contributed by atoms with Gasteiger partial charge >= 0.3 is 0 Å². The van der Waals surface area contributed by atoms with Crippen LogP contribution in [0.5, 0.6) is 0 Å². The van der Waals surface area contributed by atoms with Crippen LogP contribution in [0.1, 0.15) is 61.3 Å². The van der Waals surface area contributed by atoms with E-state index in [0.29, 0.717) is 0 Å². The third-order valence-electron chi connectivity index (χ3n) is 5.13. The van der Waals surface area contributed by atoms with Crippen LogP contribution in [-0.4, -0.2) is 6.54 Å². The molecule has 0 bridgehead atoms. The maximum absolute atomic E-state index is 3.65. The van der Waals surface area contributed by atoms with Crippen LogP contribution in [0.2, 0.25) is 0 Å². The molecule has 0 heterocycles. The van der Waals surface area contributed by atoms with Crippen molar-refractivity contribution in [3.63, 3.8) is 0 Å². The van der Waals surface area contributed by atoms with Gasteiger partial charge in [0.15, 0.2) is 0 Å². The number of aryl methyl sites for hydroxylation is 3. The highest BCUT2D eigenvalue weighted by molar-refractivity contribution is 5.36. The van der Waals surface area contributed by atoms with E-state index in [-0.39, 0.29) is 0 Å². The van der Waals surface area contributed by atoms with E-state index in [4.69, 9.17) is 0 Å². The van der Waals surface area contributed by atoms with Crippen LogP contribution in [0.25, 0.3) is 0 Å². The first-order valence-electron chi connectivity index (χ1n) is 8.33. The summed E-state index contributed by atoms with van der Waals surface area (Å²) in [5.41, 5.74) is 5.70. The van der Waals surface area contributed by atoms with Crippen molar-refractivity contribution in [1.29, 1.82) is 0 Å². The Morgan fingerprint density at radius 2 is 1.60 bits per heavy atom. The van der Waals surface area contributed by atoms with Crippen molar-refractivity contribution in [2.75, 3.05) is 6.54 Å². The summed E-state index contributed by atoms with van der Waals surface area (Å²) in [6.07, 6.45) is 7.15. The third kappa shape index (κ3) is 4.34. The lowest BCUT2D eigenvalue weighted by Gasteiger charge is -2.26. The third-order valence-corrected chi connectivity index (χ3v) is 5.13. The summed E-state index contributed by atoms with van der Waals surface area (Å²) in [5, 5.41) is 3.65. The maximum Gasteiger partial charge on any atom is 0.0208 e. The van der Waals surface area contributed by atoms with Gasteiger partial charge in [-0.25, -0.2) is 0 Å². The van der Waals surface area contributed by atoms with Crippen LogP contribution >= 0.6 is 0 Å². The summed E-state index contributed by atoms with van der Waals surface area (Å²) in [6, 6.07) is 4.66. The van der Waals surface area contributed by atoms with Gasteiger partial charge in [-0.1, -0.05) is 44.7 Å². The molecule has 0 unspecified atom stereocenters. The van der Waals surface area contributed by atoms with Gasteiger partial charge in [0.1, 0.15) is 0 Å². The van der Waals surface area contributed by atoms with Gasteiger partial charge in [-0.15, -0.1) is 0 Å². The number of hydrogen-bond donors (Lipinski definition) is 1. The first kappa shape index (κ1) is 15.6. The Balaban J connectivity index is 1.72. The second-order valence-electron chi connectivity index (χ2n) is 6.95. The van der Waals surface area contributed by atoms with Gasteiger partial charge in [-0.3, -0.25) is 0 Å². The molecule has 112 valence electrons. The molecule has 0 amide bonds. The van der Waals surface area contributed by atoms with Crippen LogP contribution in [-0.2, 0) is 6.54 Å². The molecule has 20 heavy (non-hydrogen) atoms. The minimum atomic E-state index is 0.970. The Bertz CT molecular complexity index is 428. The van der Waals surface area contributed by atoms with Gasteiger partial charge in [-0.2, -0.15) is 0 Å². The Hall–Kier alpha value is -0.820. The number of hydrogen-bond acceptors (Lipinski definition) is 1. The molecule has 0 atom stereocenters. The van der Waals surface area contributed by atoms with Crippen molar-refractivity contribution in [2.45, 2.75) is 66.3 Å². The lowest BCUT2D eigenvalue weighted by Crippen LogP contribution is -2.21. The zero-order chi connectivity index (χ0) is 14.5. The smallest absolute Gasteiger partial charge is 0.0208 e. The summed E-state index contributed by atoms with van der Waals surface area (Å²) in [6.45, 7) is 11.2. The first-order valence-corrected chi connectivity index (χ1v) is 8.33. The molecule has 1 aliphatic carbocycles. The minimum absolute atomic E-state index is 0.970. The fraction of sp³-hybridized carbons (Fsp3) is 0.684. The molecular formula is C19H31N. The van der Waals surface area contributed by atoms with Crippen molar-refractivity contribution < 1.29 is 0 Å². The Kier molecular flexibility index (Phi) is 5.65. The van der Waals surface area contributed by atoms with E-state index in [2.05, 4.69) is 45.1 Å². The summed E-state index contributed by atoms with van der Waals surface area (Å²) < 4.78 is 0. The van der Waals surface area contributed by atoms with E-state index in [9.17, 15) is 0 Å². The molecule has 1 N–H and O–H groups in total. The van der Waals surface area contributed by atoms with Gasteiger partial charge in [0.2, 0.25) is 0 Å². The monoisotopic (exact) mass is 273 g/mol. The molecule has 1 fully saturated rings. The molecule has 0 spiro atoms. The SMILES string of the molecule is Cc1cc(C)c(CNCCC2CCC(C)CC2)cc1C. The molecule has 1 aliphatic rings. The van der Waals surface area contributed by atoms with Gasteiger partial charge < -0.3 is 5.32 Å². The van der Waals surface area contributed by atoms with E-state index < -0.39 is 0 Å². The number of benzene rings is 1. The Labute approximate surface area is 125 Å². The van der Waals surface area contributed by atoms with Gasteiger partial charge in [0, 0.05) is 6.54 Å². The highest BCUT2D eigenvalue weighted by Gasteiger charge is 2.17. The summed E-state index contributed by atoms with van der Waals surface area (Å²) in [4.78, 5) is 0. The van der Waals surface area contributed by atoms with Crippen LogP contribution in [0.15, 0.2) is 12.1 Å². The topological polar surface area (TPSA) is 12.0 Å². The van der Waals surface area contributed by atoms with Crippen LogP contribution in [0, 0.1) is 32.6 Å². The molecular weight excluding hydrogens is 242 g/mol. The molecule has 0 saturated heterocycles. The molecule has 1 aromatic rings. The number of nitrogens with one attached hydrogen (secondary N) is 1. The van der Waals surface area contributed by atoms with Crippen molar-refractivity contribution in [3.05, 3.63) is 34.4 Å². The summed E-state index contributed by atoms with van der Waals surface area (Å²) in [5.74, 6) is 1.94. The normalized spacial score (nSPS) is 23.0. The Morgan fingerprint density at radius 1 is 0.950 bits per heavy atom. The van der Waals surface area contributed by atoms with E-state index in [0.717, 1.165) is 18.4 Å². The largest absolute Gasteiger partial charge is 0.313 e. The predicted molar refractivity (Wildman–Crippen MR) is 88.1 cm³/mol. The Morgan fingerprint density at radius 3 is 2.30 bits per heavy atom. The maximum atomic E-state index is 3.65. The van der Waals surface area contributed by atoms with Crippen molar-refractivity contribution in [2.24, 2.45) is 11.8 Å². The average molecular weight is 273 g/mol. The average Bonchev–Trinajstić information content (AvgIpc) is 2.42. The fourth-order valence-corrected chi connectivity index (χ4v) is 3.36. The standard InChI is InChI=1S/C19H31N/c1-14-5-7-18(8-6-14)9-10-20-13-19-12-16(3)15(2)11-17(19)4/h11-12,14,18,20H,5-10,13H2,1-4H3. The second-order valence-corrected chi connectivity index (χ2v) is 6.95. The minimum Gasteiger partial charge on any atom is -0.313 e. The van der Waals surface area contributed by atoms with E-state index >= 15 is 0 Å². The van der Waals surface area contributed by atoms with E-state index in [1.54, 1.807) is 0 Å². The molecule has 2 rings (SSSR count). The lowest BCUT2D eigenvalue weighted by atomic mass is 9.81. The van der Waals surface area contributed by atoms with Gasteiger partial charge in [-0.05, 0) is 67.8 Å². The van der Waals surface area contributed by atoms with Crippen LogP contribution < -0.4 is 5.32 Å². The lowest BCUT2D eigenvalue weighted by molar-refractivity contribution is 0.275. The molecule has 1 nitrogen and oxygen atoms in total. The highest BCUT2D eigenvalue weighted by Crippen LogP contribution is 2.29. The zero-order valence-corrected chi connectivity index (χ0v) is 13.8. The predicted octanol–water partition coefficient (Wildman–Crippen LogP) is 4.92. The zero-order valence-electron chi connectivity index (χ0n) is 13.8. The molecule has 1 aromatic carbocycles. The molecule has 1 saturated carbocycles. The summed E-state index contributed by atoms with van der Waals surface area (Å²) in [7, 11) is 0. The van der Waals surface area contributed by atoms with Crippen molar-refractivity contribution >= 4 is 0 Å². The van der Waals surface area contributed by atoms with Crippen molar-refractivity contribution in [1.82, 2.24) is 5.32 Å². The molecule has 0 radical (unpaired) electrons. The molecule has 0 aliphatic heterocycles. The second kappa shape index (κ2) is 7.26. The highest BCUT2D eigenvalue weighted by atomic mass is 14.8. The van der Waals surface area contributed by atoms with Crippen LogP contribution in [0.4, 0.5) is 0 Å².